The van der Waals surface area contributed by atoms with Crippen LogP contribution >= 0.6 is 11.6 Å². The maximum atomic E-state index is 5.83. The number of benzene rings is 2. The largest absolute Gasteiger partial charge is 0.248 e. The molecular weight excluding hydrogens is 230 g/mol. The summed E-state index contributed by atoms with van der Waals surface area (Å²) in [7, 11) is 0. The SMILES string of the molecule is C=CC(=Nc1ccc(Cl)cc1)c1ccccc1. The molecule has 2 rings (SSSR count). The summed E-state index contributed by atoms with van der Waals surface area (Å²) in [6.07, 6.45) is 1.75. The number of hydrogen-bond donors (Lipinski definition) is 0. The number of hydrogen-bond acceptors (Lipinski definition) is 1. The summed E-state index contributed by atoms with van der Waals surface area (Å²) >= 11 is 5.83. The van der Waals surface area contributed by atoms with Gasteiger partial charge in [-0.25, -0.2) is 4.99 Å². The summed E-state index contributed by atoms with van der Waals surface area (Å²) in [6, 6.07) is 17.4. The fourth-order valence-electron chi connectivity index (χ4n) is 1.49. The summed E-state index contributed by atoms with van der Waals surface area (Å²) in [4.78, 5) is 4.53. The van der Waals surface area contributed by atoms with Gasteiger partial charge >= 0.3 is 0 Å². The van der Waals surface area contributed by atoms with Gasteiger partial charge in [0.25, 0.3) is 0 Å². The molecule has 0 fully saturated rings. The maximum Gasteiger partial charge on any atom is 0.0703 e. The molecular formula is C15H12ClN. The molecule has 1 nitrogen and oxygen atoms in total. The fraction of sp³-hybridized carbons (Fsp3) is 0. The first-order valence-corrected chi connectivity index (χ1v) is 5.69. The van der Waals surface area contributed by atoms with Crippen LogP contribution in [0.1, 0.15) is 5.56 Å². The van der Waals surface area contributed by atoms with Crippen molar-refractivity contribution in [2.45, 2.75) is 0 Å². The van der Waals surface area contributed by atoms with Gasteiger partial charge in [0, 0.05) is 10.6 Å². The van der Waals surface area contributed by atoms with Gasteiger partial charge < -0.3 is 0 Å². The lowest BCUT2D eigenvalue weighted by atomic mass is 10.1. The zero-order chi connectivity index (χ0) is 12.1. The highest BCUT2D eigenvalue weighted by Gasteiger charge is 1.98. The molecule has 0 aliphatic heterocycles. The zero-order valence-electron chi connectivity index (χ0n) is 9.31. The van der Waals surface area contributed by atoms with Gasteiger partial charge in [-0.2, -0.15) is 0 Å². The Kier molecular flexibility index (Phi) is 3.73. The Labute approximate surface area is 106 Å². The predicted octanol–water partition coefficient (Wildman–Crippen LogP) is 4.65. The fourth-order valence-corrected chi connectivity index (χ4v) is 1.62. The van der Waals surface area contributed by atoms with Crippen LogP contribution in [0.3, 0.4) is 0 Å². The van der Waals surface area contributed by atoms with E-state index in [0.717, 1.165) is 17.0 Å². The van der Waals surface area contributed by atoms with Crippen LogP contribution in [0.15, 0.2) is 72.2 Å². The highest BCUT2D eigenvalue weighted by Crippen LogP contribution is 2.18. The van der Waals surface area contributed by atoms with E-state index in [1.165, 1.54) is 0 Å². The first kappa shape index (κ1) is 11.6. The van der Waals surface area contributed by atoms with E-state index in [0.29, 0.717) is 5.02 Å². The molecule has 2 aromatic carbocycles. The first-order chi connectivity index (χ1) is 8.29. The topological polar surface area (TPSA) is 12.4 Å². The Morgan fingerprint density at radius 2 is 1.65 bits per heavy atom. The summed E-state index contributed by atoms with van der Waals surface area (Å²) in [5, 5.41) is 0.712. The molecule has 0 saturated heterocycles. The molecule has 17 heavy (non-hydrogen) atoms. The van der Waals surface area contributed by atoms with Gasteiger partial charge in [0.05, 0.1) is 11.4 Å². The van der Waals surface area contributed by atoms with Gasteiger partial charge in [-0.05, 0) is 30.3 Å². The number of allylic oxidation sites excluding steroid dienone is 1. The quantitative estimate of drug-likeness (QED) is 0.694. The average molecular weight is 242 g/mol. The lowest BCUT2D eigenvalue weighted by molar-refractivity contribution is 1.50. The molecule has 0 amide bonds. The summed E-state index contributed by atoms with van der Waals surface area (Å²) in [5.41, 5.74) is 2.78. The average Bonchev–Trinajstić information content (AvgIpc) is 2.39. The summed E-state index contributed by atoms with van der Waals surface area (Å²) in [6.45, 7) is 3.79. The molecule has 0 heterocycles. The molecule has 0 N–H and O–H groups in total. The van der Waals surface area contributed by atoms with Crippen molar-refractivity contribution in [1.29, 1.82) is 0 Å². The van der Waals surface area contributed by atoms with E-state index in [2.05, 4.69) is 11.6 Å². The highest BCUT2D eigenvalue weighted by molar-refractivity contribution is 6.30. The van der Waals surface area contributed by atoms with Crippen molar-refractivity contribution in [2.24, 2.45) is 4.99 Å². The van der Waals surface area contributed by atoms with Crippen molar-refractivity contribution in [3.63, 3.8) is 0 Å². The lowest BCUT2D eigenvalue weighted by Gasteiger charge is -2.01. The Balaban J connectivity index is 2.36. The molecule has 0 aliphatic carbocycles. The molecule has 0 aliphatic rings. The van der Waals surface area contributed by atoms with Crippen LogP contribution in [-0.2, 0) is 0 Å². The molecule has 0 spiro atoms. The Morgan fingerprint density at radius 3 is 2.24 bits per heavy atom. The highest BCUT2D eigenvalue weighted by atomic mass is 35.5. The zero-order valence-corrected chi connectivity index (χ0v) is 10.1. The van der Waals surface area contributed by atoms with E-state index in [1.807, 2.05) is 54.6 Å². The van der Waals surface area contributed by atoms with Crippen LogP contribution in [0, 0.1) is 0 Å². The van der Waals surface area contributed by atoms with Crippen LogP contribution in [0.25, 0.3) is 0 Å². The summed E-state index contributed by atoms with van der Waals surface area (Å²) in [5.74, 6) is 0. The van der Waals surface area contributed by atoms with Crippen molar-refractivity contribution in [3.8, 4) is 0 Å². The Morgan fingerprint density at radius 1 is 1.00 bits per heavy atom. The van der Waals surface area contributed by atoms with Crippen molar-refractivity contribution < 1.29 is 0 Å². The van der Waals surface area contributed by atoms with E-state index in [4.69, 9.17) is 11.6 Å². The second-order valence-electron chi connectivity index (χ2n) is 3.54. The Bertz CT molecular complexity index is 527. The van der Waals surface area contributed by atoms with E-state index in [1.54, 1.807) is 6.08 Å². The van der Waals surface area contributed by atoms with Crippen molar-refractivity contribution in [2.75, 3.05) is 0 Å². The number of aliphatic imine (C=N–C) groups is 1. The normalized spacial score (nSPS) is 11.2. The van der Waals surface area contributed by atoms with E-state index >= 15 is 0 Å². The minimum absolute atomic E-state index is 0.712. The standard InChI is InChI=1S/C15H12ClN/c1-2-15(12-6-4-3-5-7-12)17-14-10-8-13(16)9-11-14/h2-11H,1H2. The molecule has 0 atom stereocenters. The van der Waals surface area contributed by atoms with Crippen LogP contribution in [0.5, 0.6) is 0 Å². The monoisotopic (exact) mass is 241 g/mol. The molecule has 0 saturated carbocycles. The molecule has 2 heteroatoms. The van der Waals surface area contributed by atoms with E-state index in [9.17, 15) is 0 Å². The van der Waals surface area contributed by atoms with Crippen molar-refractivity contribution >= 4 is 23.0 Å². The second-order valence-corrected chi connectivity index (χ2v) is 3.98. The smallest absolute Gasteiger partial charge is 0.0703 e. The van der Waals surface area contributed by atoms with Gasteiger partial charge in [0.15, 0.2) is 0 Å². The molecule has 84 valence electrons. The molecule has 0 bridgehead atoms. The van der Waals surface area contributed by atoms with Gasteiger partial charge in [0.1, 0.15) is 0 Å². The van der Waals surface area contributed by atoms with Crippen molar-refractivity contribution in [3.05, 3.63) is 77.8 Å². The van der Waals surface area contributed by atoms with Gasteiger partial charge in [-0.15, -0.1) is 0 Å². The maximum absolute atomic E-state index is 5.83. The lowest BCUT2D eigenvalue weighted by Crippen LogP contribution is -1.94. The van der Waals surface area contributed by atoms with Gasteiger partial charge in [-0.1, -0.05) is 48.5 Å². The summed E-state index contributed by atoms with van der Waals surface area (Å²) < 4.78 is 0. The number of nitrogens with zero attached hydrogens (tertiary/aromatic N) is 1. The second kappa shape index (κ2) is 5.46. The first-order valence-electron chi connectivity index (χ1n) is 5.32. The third kappa shape index (κ3) is 3.05. The van der Waals surface area contributed by atoms with Crippen LogP contribution in [-0.4, -0.2) is 5.71 Å². The van der Waals surface area contributed by atoms with E-state index < -0.39 is 0 Å². The predicted molar refractivity (Wildman–Crippen MR) is 74.3 cm³/mol. The molecule has 0 radical (unpaired) electrons. The number of rotatable bonds is 3. The van der Waals surface area contributed by atoms with Crippen LogP contribution in [0.4, 0.5) is 5.69 Å². The molecule has 0 aromatic heterocycles. The molecule has 2 aromatic rings. The van der Waals surface area contributed by atoms with Crippen LogP contribution < -0.4 is 0 Å². The third-order valence-corrected chi connectivity index (χ3v) is 2.59. The molecule has 0 unspecified atom stereocenters. The minimum atomic E-state index is 0.712. The number of halogens is 1. The third-order valence-electron chi connectivity index (χ3n) is 2.34. The minimum Gasteiger partial charge on any atom is -0.248 e. The van der Waals surface area contributed by atoms with E-state index in [-0.39, 0.29) is 0 Å². The Hall–Kier alpha value is -1.86. The van der Waals surface area contributed by atoms with Gasteiger partial charge in [0.2, 0.25) is 0 Å². The van der Waals surface area contributed by atoms with Crippen molar-refractivity contribution in [1.82, 2.24) is 0 Å². The van der Waals surface area contributed by atoms with Gasteiger partial charge in [-0.3, -0.25) is 0 Å². The van der Waals surface area contributed by atoms with Crippen LogP contribution in [0.2, 0.25) is 5.02 Å².